The Morgan fingerprint density at radius 2 is 2.17 bits per heavy atom. The van der Waals surface area contributed by atoms with E-state index in [9.17, 15) is 9.59 Å². The summed E-state index contributed by atoms with van der Waals surface area (Å²) in [6.45, 7) is 1.21. The van der Waals surface area contributed by atoms with Gasteiger partial charge in [-0.2, -0.15) is 0 Å². The van der Waals surface area contributed by atoms with Crippen LogP contribution in [-0.4, -0.2) is 29.1 Å². The Morgan fingerprint density at radius 3 is 2.83 bits per heavy atom. The number of nitrogens with two attached hydrogens (primary N) is 1. The van der Waals surface area contributed by atoms with E-state index in [-0.39, 0.29) is 24.1 Å². The van der Waals surface area contributed by atoms with Crippen molar-refractivity contribution in [1.82, 2.24) is 4.90 Å². The van der Waals surface area contributed by atoms with E-state index in [0.29, 0.717) is 13.1 Å². The topological polar surface area (TPSA) is 63.4 Å². The minimum Gasteiger partial charge on any atom is -0.369 e. The highest BCUT2D eigenvalue weighted by Crippen LogP contribution is 2.23. The second kappa shape index (κ2) is 5.40. The van der Waals surface area contributed by atoms with Crippen molar-refractivity contribution in [2.45, 2.75) is 19.4 Å². The van der Waals surface area contributed by atoms with E-state index < -0.39 is 0 Å². The summed E-state index contributed by atoms with van der Waals surface area (Å²) in [7, 11) is 0. The third-order valence-corrected chi connectivity index (χ3v) is 3.42. The summed E-state index contributed by atoms with van der Waals surface area (Å²) in [4.78, 5) is 24.3. The van der Waals surface area contributed by atoms with Crippen molar-refractivity contribution in [2.75, 3.05) is 12.4 Å². The van der Waals surface area contributed by atoms with Gasteiger partial charge < -0.3 is 10.6 Å². The Bertz CT molecular complexity index is 488. The highest BCUT2D eigenvalue weighted by Gasteiger charge is 2.21. The largest absolute Gasteiger partial charge is 0.369 e. The third-order valence-electron chi connectivity index (χ3n) is 3.19. The Kier molecular flexibility index (Phi) is 3.87. The van der Waals surface area contributed by atoms with Crippen LogP contribution in [-0.2, 0) is 29.0 Å². The van der Waals surface area contributed by atoms with Crippen LogP contribution in [0.4, 0.5) is 0 Å². The van der Waals surface area contributed by atoms with E-state index in [0.717, 1.165) is 23.1 Å². The van der Waals surface area contributed by atoms with E-state index in [4.69, 9.17) is 17.3 Å². The summed E-state index contributed by atoms with van der Waals surface area (Å²) < 4.78 is 0. The van der Waals surface area contributed by atoms with Crippen LogP contribution in [0, 0.1) is 0 Å². The van der Waals surface area contributed by atoms with Crippen LogP contribution < -0.4 is 5.73 Å². The summed E-state index contributed by atoms with van der Waals surface area (Å²) in [6.07, 6.45) is 1.01. The number of halogens is 1. The first-order valence-corrected chi connectivity index (χ1v) is 6.37. The number of nitrogens with zero attached hydrogens (tertiary/aromatic N) is 1. The van der Waals surface area contributed by atoms with Crippen LogP contribution >= 0.6 is 11.6 Å². The molecule has 2 amide bonds. The van der Waals surface area contributed by atoms with Crippen molar-refractivity contribution in [3.63, 3.8) is 0 Å². The normalized spacial score (nSPS) is 14.2. The Hall–Kier alpha value is -1.55. The molecule has 2 N–H and O–H groups in total. The molecule has 1 heterocycles. The first-order chi connectivity index (χ1) is 8.61. The summed E-state index contributed by atoms with van der Waals surface area (Å²) in [5.74, 6) is -0.374. The number of primary amides is 1. The fourth-order valence-electron chi connectivity index (χ4n) is 2.34. The monoisotopic (exact) mass is 266 g/mol. The van der Waals surface area contributed by atoms with Crippen molar-refractivity contribution in [1.29, 1.82) is 0 Å². The van der Waals surface area contributed by atoms with Crippen molar-refractivity contribution in [2.24, 2.45) is 5.73 Å². The fraction of sp³-hybridized carbons (Fsp3) is 0.385. The smallest absolute Gasteiger partial charge is 0.237 e. The van der Waals surface area contributed by atoms with Gasteiger partial charge in [-0.15, -0.1) is 11.6 Å². The van der Waals surface area contributed by atoms with Crippen LogP contribution in [0.5, 0.6) is 0 Å². The zero-order valence-electron chi connectivity index (χ0n) is 9.99. The molecule has 1 aliphatic rings. The van der Waals surface area contributed by atoms with Crippen molar-refractivity contribution >= 4 is 23.4 Å². The lowest BCUT2D eigenvalue weighted by atomic mass is 9.93. The maximum Gasteiger partial charge on any atom is 0.237 e. The van der Waals surface area contributed by atoms with Crippen LogP contribution in [0.1, 0.15) is 16.7 Å². The van der Waals surface area contributed by atoms with Gasteiger partial charge in [0.1, 0.15) is 5.88 Å². The molecule has 2 rings (SSSR count). The number of benzene rings is 1. The van der Waals surface area contributed by atoms with E-state index in [2.05, 4.69) is 0 Å². The standard InChI is InChI=1S/C13H15ClN2O2/c14-7-13(18)16-5-4-11-9(6-12(15)17)2-1-3-10(11)8-16/h1-3H,4-8H2,(H2,15,17). The van der Waals surface area contributed by atoms with Crippen LogP contribution in [0.3, 0.4) is 0 Å². The maximum absolute atomic E-state index is 11.6. The lowest BCUT2D eigenvalue weighted by molar-refractivity contribution is -0.129. The van der Waals surface area contributed by atoms with Gasteiger partial charge in [-0.1, -0.05) is 18.2 Å². The lowest BCUT2D eigenvalue weighted by Crippen LogP contribution is -2.37. The minimum absolute atomic E-state index is 0.0102. The van der Waals surface area contributed by atoms with Gasteiger partial charge in [0.05, 0.1) is 6.42 Å². The van der Waals surface area contributed by atoms with Gasteiger partial charge in [0.2, 0.25) is 11.8 Å². The minimum atomic E-state index is -0.331. The number of rotatable bonds is 3. The average Bonchev–Trinajstić information content (AvgIpc) is 2.37. The van der Waals surface area contributed by atoms with Gasteiger partial charge in [-0.25, -0.2) is 0 Å². The van der Waals surface area contributed by atoms with Gasteiger partial charge in [0.25, 0.3) is 0 Å². The Balaban J connectivity index is 2.24. The Labute approximate surface area is 111 Å². The summed E-state index contributed by atoms with van der Waals surface area (Å²) in [5.41, 5.74) is 8.43. The molecule has 4 nitrogen and oxygen atoms in total. The number of fused-ring (bicyclic) bond motifs is 1. The summed E-state index contributed by atoms with van der Waals surface area (Å²) in [6, 6.07) is 5.79. The highest BCUT2D eigenvalue weighted by atomic mass is 35.5. The fourth-order valence-corrected chi connectivity index (χ4v) is 2.51. The van der Waals surface area contributed by atoms with Crippen LogP contribution in [0.2, 0.25) is 0 Å². The molecular formula is C13H15ClN2O2. The number of hydrogen-bond acceptors (Lipinski definition) is 2. The second-order valence-electron chi connectivity index (χ2n) is 4.40. The SMILES string of the molecule is NC(=O)Cc1cccc2c1CCN(C(=O)CCl)C2. The van der Waals surface area contributed by atoms with Gasteiger partial charge >= 0.3 is 0 Å². The molecule has 0 fully saturated rings. The lowest BCUT2D eigenvalue weighted by Gasteiger charge is -2.29. The molecule has 0 spiro atoms. The number of alkyl halides is 1. The quantitative estimate of drug-likeness (QED) is 0.824. The van der Waals surface area contributed by atoms with Gasteiger partial charge in [-0.05, 0) is 23.1 Å². The van der Waals surface area contributed by atoms with E-state index in [1.165, 1.54) is 0 Å². The second-order valence-corrected chi connectivity index (χ2v) is 4.66. The van der Waals surface area contributed by atoms with Crippen LogP contribution in [0.15, 0.2) is 18.2 Å². The first kappa shape index (κ1) is 12.9. The molecule has 96 valence electrons. The van der Waals surface area contributed by atoms with Gasteiger partial charge in [-0.3, -0.25) is 9.59 Å². The van der Waals surface area contributed by atoms with E-state index >= 15 is 0 Å². The molecule has 0 bridgehead atoms. The molecular weight excluding hydrogens is 252 g/mol. The van der Waals surface area contributed by atoms with E-state index in [1.807, 2.05) is 18.2 Å². The number of hydrogen-bond donors (Lipinski definition) is 1. The molecule has 0 atom stereocenters. The first-order valence-electron chi connectivity index (χ1n) is 5.83. The van der Waals surface area contributed by atoms with Crippen molar-refractivity contribution in [3.8, 4) is 0 Å². The maximum atomic E-state index is 11.6. The highest BCUT2D eigenvalue weighted by molar-refractivity contribution is 6.27. The molecule has 0 radical (unpaired) electrons. The zero-order chi connectivity index (χ0) is 13.1. The third kappa shape index (κ3) is 2.64. The molecule has 1 aliphatic heterocycles. The van der Waals surface area contributed by atoms with Gasteiger partial charge in [0, 0.05) is 13.1 Å². The number of amides is 2. The molecule has 1 aromatic carbocycles. The summed E-state index contributed by atoms with van der Waals surface area (Å²) >= 11 is 5.56. The van der Waals surface area contributed by atoms with Gasteiger partial charge in [0.15, 0.2) is 0 Å². The summed E-state index contributed by atoms with van der Waals surface area (Å²) in [5, 5.41) is 0. The van der Waals surface area contributed by atoms with Crippen molar-refractivity contribution in [3.05, 3.63) is 34.9 Å². The predicted octanol–water partition coefficient (Wildman–Crippen LogP) is 0.838. The number of carbonyl (C=O) groups is 2. The Morgan fingerprint density at radius 1 is 1.39 bits per heavy atom. The molecule has 0 aromatic heterocycles. The molecule has 0 unspecified atom stereocenters. The molecule has 0 saturated heterocycles. The molecule has 0 saturated carbocycles. The molecule has 18 heavy (non-hydrogen) atoms. The zero-order valence-corrected chi connectivity index (χ0v) is 10.7. The molecule has 1 aromatic rings. The van der Waals surface area contributed by atoms with Crippen LogP contribution in [0.25, 0.3) is 0 Å². The van der Waals surface area contributed by atoms with Crippen molar-refractivity contribution < 1.29 is 9.59 Å². The predicted molar refractivity (Wildman–Crippen MR) is 69.2 cm³/mol. The number of carbonyl (C=O) groups excluding carboxylic acids is 2. The average molecular weight is 267 g/mol. The van der Waals surface area contributed by atoms with E-state index in [1.54, 1.807) is 4.90 Å². The molecule has 5 heteroatoms. The molecule has 0 aliphatic carbocycles.